The van der Waals surface area contributed by atoms with Crippen LogP contribution in [-0.4, -0.2) is 21.9 Å². The Morgan fingerprint density at radius 3 is 2.47 bits per heavy atom. The Hall–Kier alpha value is -3.33. The molecular weight excluding hydrogens is 368 g/mol. The number of fused-ring (bicyclic) bond motifs is 1. The Kier molecular flexibility index (Phi) is 6.29. The number of carbonyl (C=O) groups excluding carboxylic acids is 1. The molecule has 3 heteroatoms. The zero-order valence-electron chi connectivity index (χ0n) is 17.5. The molecule has 0 radical (unpaired) electrons. The summed E-state index contributed by atoms with van der Waals surface area (Å²) in [5, 5.41) is 2.12. The Morgan fingerprint density at radius 2 is 1.63 bits per heavy atom. The summed E-state index contributed by atoms with van der Waals surface area (Å²) in [4.78, 5) is 15.6. The molecule has 0 aliphatic carbocycles. The highest BCUT2D eigenvalue weighted by atomic mass is 16.2. The fourth-order valence-electron chi connectivity index (χ4n) is 3.91. The number of hydrogen-bond acceptors (Lipinski definition) is 1. The van der Waals surface area contributed by atoms with Crippen LogP contribution >= 0.6 is 0 Å². The second-order valence-corrected chi connectivity index (χ2v) is 7.72. The van der Waals surface area contributed by atoms with Crippen molar-refractivity contribution in [2.75, 3.05) is 6.54 Å². The molecule has 3 nitrogen and oxygen atoms in total. The van der Waals surface area contributed by atoms with Gasteiger partial charge in [-0.2, -0.15) is 0 Å². The van der Waals surface area contributed by atoms with E-state index < -0.39 is 0 Å². The number of unbranched alkanes of at least 4 members (excludes halogenated alkanes) is 1. The van der Waals surface area contributed by atoms with E-state index in [9.17, 15) is 4.79 Å². The largest absolute Gasteiger partial charge is 0.345 e. The third-order valence-electron chi connectivity index (χ3n) is 5.56. The van der Waals surface area contributed by atoms with E-state index in [-0.39, 0.29) is 5.91 Å². The first kappa shape index (κ1) is 20.0. The van der Waals surface area contributed by atoms with Gasteiger partial charge in [-0.3, -0.25) is 4.79 Å². The summed E-state index contributed by atoms with van der Waals surface area (Å²) < 4.78 is 2.24. The van der Waals surface area contributed by atoms with Crippen molar-refractivity contribution >= 4 is 16.7 Å². The van der Waals surface area contributed by atoms with Crippen molar-refractivity contribution in [2.45, 2.75) is 32.9 Å². The van der Waals surface area contributed by atoms with Gasteiger partial charge in [-0.25, -0.2) is 0 Å². The molecule has 0 bridgehead atoms. The normalized spacial score (nSPS) is 11.0. The standard InChI is InChI=1S/C27H28N2O/c1-2-3-18-29(27(30)26-17-9-14-23-13-7-8-16-25(23)26)21-24-15-10-19-28(24)20-22-11-5-4-6-12-22/h4-17,19H,2-3,18,20-21H2,1H3. The van der Waals surface area contributed by atoms with Gasteiger partial charge < -0.3 is 9.47 Å². The first-order valence-electron chi connectivity index (χ1n) is 10.7. The van der Waals surface area contributed by atoms with E-state index in [1.807, 2.05) is 41.3 Å². The molecule has 3 aromatic carbocycles. The van der Waals surface area contributed by atoms with Crippen LogP contribution in [0.2, 0.25) is 0 Å². The van der Waals surface area contributed by atoms with Gasteiger partial charge in [0.15, 0.2) is 0 Å². The van der Waals surface area contributed by atoms with Crippen LogP contribution in [0.25, 0.3) is 10.8 Å². The van der Waals surface area contributed by atoms with Crippen molar-refractivity contribution in [3.63, 3.8) is 0 Å². The van der Waals surface area contributed by atoms with Gasteiger partial charge >= 0.3 is 0 Å². The monoisotopic (exact) mass is 396 g/mol. The van der Waals surface area contributed by atoms with Gasteiger partial charge in [0.25, 0.3) is 5.91 Å². The molecule has 0 spiro atoms. The molecule has 152 valence electrons. The minimum atomic E-state index is 0.104. The lowest BCUT2D eigenvalue weighted by atomic mass is 10.0. The van der Waals surface area contributed by atoms with Crippen LogP contribution in [0.3, 0.4) is 0 Å². The average Bonchev–Trinajstić information content (AvgIpc) is 3.23. The van der Waals surface area contributed by atoms with Crippen LogP contribution in [0.1, 0.15) is 41.4 Å². The van der Waals surface area contributed by atoms with E-state index in [0.717, 1.165) is 48.0 Å². The summed E-state index contributed by atoms with van der Waals surface area (Å²) in [6.45, 7) is 4.35. The van der Waals surface area contributed by atoms with Crippen molar-refractivity contribution in [1.29, 1.82) is 0 Å². The van der Waals surface area contributed by atoms with Crippen molar-refractivity contribution < 1.29 is 4.79 Å². The molecule has 0 aliphatic rings. The number of aromatic nitrogens is 1. The van der Waals surface area contributed by atoms with Gasteiger partial charge in [0, 0.05) is 30.5 Å². The maximum atomic E-state index is 13.6. The van der Waals surface area contributed by atoms with E-state index in [4.69, 9.17) is 0 Å². The van der Waals surface area contributed by atoms with Crippen LogP contribution in [-0.2, 0) is 13.1 Å². The van der Waals surface area contributed by atoms with Gasteiger partial charge in [0.05, 0.1) is 6.54 Å². The fraction of sp³-hybridized carbons (Fsp3) is 0.222. The van der Waals surface area contributed by atoms with E-state index in [0.29, 0.717) is 6.54 Å². The zero-order valence-corrected chi connectivity index (χ0v) is 17.5. The highest BCUT2D eigenvalue weighted by molar-refractivity contribution is 6.07. The van der Waals surface area contributed by atoms with Crippen molar-refractivity contribution in [2.24, 2.45) is 0 Å². The summed E-state index contributed by atoms with van der Waals surface area (Å²) in [5.41, 5.74) is 3.20. The number of carbonyl (C=O) groups is 1. The summed E-state index contributed by atoms with van der Waals surface area (Å²) in [6, 6.07) is 28.7. The molecule has 1 heterocycles. The van der Waals surface area contributed by atoms with E-state index in [2.05, 4.69) is 66.2 Å². The van der Waals surface area contributed by atoms with Crippen LogP contribution in [0.15, 0.2) is 91.1 Å². The molecule has 0 unspecified atom stereocenters. The first-order chi connectivity index (χ1) is 14.8. The van der Waals surface area contributed by atoms with Crippen molar-refractivity contribution in [1.82, 2.24) is 9.47 Å². The SMILES string of the molecule is CCCCN(Cc1cccn1Cc1ccccc1)C(=O)c1cccc2ccccc12. The molecule has 0 N–H and O–H groups in total. The Labute approximate surface area is 178 Å². The number of rotatable bonds is 8. The molecule has 1 amide bonds. The third-order valence-corrected chi connectivity index (χ3v) is 5.56. The number of amides is 1. The van der Waals surface area contributed by atoms with Crippen LogP contribution < -0.4 is 0 Å². The average molecular weight is 397 g/mol. The Bertz CT molecular complexity index is 1110. The lowest BCUT2D eigenvalue weighted by molar-refractivity contribution is 0.0739. The van der Waals surface area contributed by atoms with Gasteiger partial charge in [-0.15, -0.1) is 0 Å². The van der Waals surface area contributed by atoms with Crippen LogP contribution in [0.5, 0.6) is 0 Å². The molecule has 0 atom stereocenters. The third kappa shape index (κ3) is 4.46. The lowest BCUT2D eigenvalue weighted by Crippen LogP contribution is -2.32. The quantitative estimate of drug-likeness (QED) is 0.351. The van der Waals surface area contributed by atoms with Crippen LogP contribution in [0, 0.1) is 0 Å². The maximum absolute atomic E-state index is 13.6. The predicted molar refractivity (Wildman–Crippen MR) is 124 cm³/mol. The summed E-state index contributed by atoms with van der Waals surface area (Å²) >= 11 is 0. The molecule has 0 aliphatic heterocycles. The predicted octanol–water partition coefficient (Wildman–Crippen LogP) is 6.13. The van der Waals surface area contributed by atoms with Gasteiger partial charge in [0.2, 0.25) is 0 Å². The van der Waals surface area contributed by atoms with Gasteiger partial charge in [0.1, 0.15) is 0 Å². The van der Waals surface area contributed by atoms with Gasteiger partial charge in [-0.05, 0) is 41.0 Å². The Morgan fingerprint density at radius 1 is 0.867 bits per heavy atom. The first-order valence-corrected chi connectivity index (χ1v) is 10.7. The molecule has 30 heavy (non-hydrogen) atoms. The number of nitrogens with zero attached hydrogens (tertiary/aromatic N) is 2. The van der Waals surface area contributed by atoms with E-state index in [1.165, 1.54) is 5.56 Å². The molecule has 0 saturated heterocycles. The fourth-order valence-corrected chi connectivity index (χ4v) is 3.91. The molecule has 4 aromatic rings. The van der Waals surface area contributed by atoms with Gasteiger partial charge in [-0.1, -0.05) is 80.1 Å². The number of benzene rings is 3. The zero-order chi connectivity index (χ0) is 20.8. The Balaban J connectivity index is 1.61. The van der Waals surface area contributed by atoms with E-state index in [1.54, 1.807) is 0 Å². The smallest absolute Gasteiger partial charge is 0.254 e. The van der Waals surface area contributed by atoms with Crippen molar-refractivity contribution in [3.8, 4) is 0 Å². The molecule has 4 rings (SSSR count). The lowest BCUT2D eigenvalue weighted by Gasteiger charge is -2.24. The highest BCUT2D eigenvalue weighted by Gasteiger charge is 2.19. The molecular formula is C27H28N2O. The second-order valence-electron chi connectivity index (χ2n) is 7.72. The highest BCUT2D eigenvalue weighted by Crippen LogP contribution is 2.21. The second kappa shape index (κ2) is 9.45. The number of hydrogen-bond donors (Lipinski definition) is 0. The molecule has 0 fully saturated rings. The van der Waals surface area contributed by atoms with E-state index >= 15 is 0 Å². The topological polar surface area (TPSA) is 25.2 Å². The summed E-state index contributed by atoms with van der Waals surface area (Å²) in [5.74, 6) is 0.104. The summed E-state index contributed by atoms with van der Waals surface area (Å²) in [7, 11) is 0. The van der Waals surface area contributed by atoms with Crippen molar-refractivity contribution in [3.05, 3.63) is 108 Å². The van der Waals surface area contributed by atoms with Crippen LogP contribution in [0.4, 0.5) is 0 Å². The minimum Gasteiger partial charge on any atom is -0.345 e. The minimum absolute atomic E-state index is 0.104. The maximum Gasteiger partial charge on any atom is 0.254 e. The summed E-state index contributed by atoms with van der Waals surface area (Å²) in [6.07, 6.45) is 4.16. The molecule has 0 saturated carbocycles. The molecule has 1 aromatic heterocycles.